The predicted octanol–water partition coefficient (Wildman–Crippen LogP) is 12.2. The molecule has 1 atom stereocenters. The third kappa shape index (κ3) is 6.06. The Labute approximate surface area is 259 Å². The van der Waals surface area contributed by atoms with Crippen molar-refractivity contribution in [3.05, 3.63) is 174 Å². The lowest BCUT2D eigenvalue weighted by molar-refractivity contribution is 1.01. The van der Waals surface area contributed by atoms with E-state index in [2.05, 4.69) is 145 Å². The second kappa shape index (κ2) is 13.3. The highest BCUT2D eigenvalue weighted by molar-refractivity contribution is 5.96. The Balaban J connectivity index is 1.60. The van der Waals surface area contributed by atoms with E-state index in [4.69, 9.17) is 0 Å². The van der Waals surface area contributed by atoms with Gasteiger partial charge < -0.3 is 0 Å². The Morgan fingerprint density at radius 2 is 1.70 bits per heavy atom. The van der Waals surface area contributed by atoms with E-state index in [9.17, 15) is 0 Å². The molecule has 216 valence electrons. The van der Waals surface area contributed by atoms with Crippen LogP contribution < -0.4 is 0 Å². The summed E-state index contributed by atoms with van der Waals surface area (Å²) in [6.45, 7) is 21.6. The van der Waals surface area contributed by atoms with Crippen molar-refractivity contribution in [1.29, 1.82) is 0 Å². The first-order chi connectivity index (χ1) is 20.9. The van der Waals surface area contributed by atoms with Crippen LogP contribution in [0.25, 0.3) is 27.8 Å². The molecule has 0 heterocycles. The summed E-state index contributed by atoms with van der Waals surface area (Å²) in [6, 6.07) is 22.2. The number of aryl methyl sites for hydroxylation is 1. The van der Waals surface area contributed by atoms with Crippen molar-refractivity contribution in [3.63, 3.8) is 0 Å². The van der Waals surface area contributed by atoms with Crippen LogP contribution in [0.3, 0.4) is 0 Å². The highest BCUT2D eigenvalue weighted by Crippen LogP contribution is 2.51. The zero-order chi connectivity index (χ0) is 30.5. The maximum atomic E-state index is 4.56. The highest BCUT2D eigenvalue weighted by Gasteiger charge is 2.32. The minimum absolute atomic E-state index is 0.158. The van der Waals surface area contributed by atoms with Crippen LogP contribution in [0.4, 0.5) is 0 Å². The number of hydrogen-bond donors (Lipinski definition) is 0. The van der Waals surface area contributed by atoms with Crippen LogP contribution in [0, 0.1) is 12.8 Å². The van der Waals surface area contributed by atoms with E-state index >= 15 is 0 Å². The molecule has 0 nitrogen and oxygen atoms in total. The zero-order valence-corrected chi connectivity index (χ0v) is 26.3. The fraction of sp³-hybridized carbons (Fsp3) is 0.209. The van der Waals surface area contributed by atoms with Crippen LogP contribution in [0.15, 0.2) is 140 Å². The van der Waals surface area contributed by atoms with E-state index in [1.54, 1.807) is 0 Å². The lowest BCUT2D eigenvalue weighted by Crippen LogP contribution is -2.00. The molecule has 5 rings (SSSR count). The quantitative estimate of drug-likeness (QED) is 0.205. The average Bonchev–Trinajstić information content (AvgIpc) is 3.82. The molecule has 0 bridgehead atoms. The summed E-state index contributed by atoms with van der Waals surface area (Å²) in [5, 5.41) is 0. The van der Waals surface area contributed by atoms with Gasteiger partial charge in [0, 0.05) is 5.92 Å². The van der Waals surface area contributed by atoms with Crippen LogP contribution in [0.2, 0.25) is 0 Å². The molecule has 3 aromatic rings. The Hall–Kier alpha value is -4.42. The number of fused-ring (bicyclic) bond motifs is 3. The number of hydrogen-bond acceptors (Lipinski definition) is 0. The molecule has 1 unspecified atom stereocenters. The normalized spacial score (nSPS) is 17.2. The van der Waals surface area contributed by atoms with E-state index in [1.807, 2.05) is 12.2 Å². The van der Waals surface area contributed by atoms with Crippen molar-refractivity contribution in [2.75, 3.05) is 0 Å². The van der Waals surface area contributed by atoms with Gasteiger partial charge in [-0.1, -0.05) is 129 Å². The topological polar surface area (TPSA) is 0 Å². The first-order valence-electron chi connectivity index (χ1n) is 15.6. The van der Waals surface area contributed by atoms with Gasteiger partial charge in [0.15, 0.2) is 0 Å². The van der Waals surface area contributed by atoms with E-state index in [1.165, 1.54) is 68.5 Å². The molecule has 0 heteroatoms. The summed E-state index contributed by atoms with van der Waals surface area (Å²) < 4.78 is 0. The Bertz CT molecular complexity index is 1720. The number of rotatable bonds is 11. The second-order valence-electron chi connectivity index (χ2n) is 11.7. The first kappa shape index (κ1) is 30.1. The summed E-state index contributed by atoms with van der Waals surface area (Å²) in [5.41, 5.74) is 16.3. The molecule has 0 aromatic heterocycles. The molecular formula is C43H44. The maximum absolute atomic E-state index is 4.56. The molecule has 1 fully saturated rings. The minimum Gasteiger partial charge on any atom is -0.0991 e. The van der Waals surface area contributed by atoms with Crippen LogP contribution in [0.5, 0.6) is 0 Å². The second-order valence-corrected chi connectivity index (χ2v) is 11.7. The van der Waals surface area contributed by atoms with Gasteiger partial charge in [-0.3, -0.25) is 0 Å². The molecule has 3 aromatic carbocycles. The smallest absolute Gasteiger partial charge is 0.0352 e. The highest BCUT2D eigenvalue weighted by atomic mass is 14.3. The summed E-state index contributed by atoms with van der Waals surface area (Å²) >= 11 is 0. The molecule has 0 saturated heterocycles. The van der Waals surface area contributed by atoms with Gasteiger partial charge in [-0.2, -0.15) is 0 Å². The Kier molecular flexibility index (Phi) is 9.27. The van der Waals surface area contributed by atoms with E-state index < -0.39 is 0 Å². The fourth-order valence-electron chi connectivity index (χ4n) is 6.47. The Morgan fingerprint density at radius 3 is 2.40 bits per heavy atom. The van der Waals surface area contributed by atoms with Crippen LogP contribution in [-0.2, 0) is 0 Å². The van der Waals surface area contributed by atoms with Crippen LogP contribution in [0.1, 0.15) is 79.3 Å². The van der Waals surface area contributed by atoms with Crippen molar-refractivity contribution in [2.24, 2.45) is 5.92 Å². The molecule has 0 amide bonds. The summed E-state index contributed by atoms with van der Waals surface area (Å²) in [4.78, 5) is 0. The summed E-state index contributed by atoms with van der Waals surface area (Å²) in [5.74, 6) is 0.877. The molecule has 0 spiro atoms. The van der Waals surface area contributed by atoms with Crippen molar-refractivity contribution >= 4 is 16.7 Å². The van der Waals surface area contributed by atoms with E-state index in [-0.39, 0.29) is 5.92 Å². The first-order valence-corrected chi connectivity index (χ1v) is 15.6. The summed E-state index contributed by atoms with van der Waals surface area (Å²) in [7, 11) is 0. The van der Waals surface area contributed by atoms with Gasteiger partial charge in [0.1, 0.15) is 0 Å². The lowest BCUT2D eigenvalue weighted by atomic mass is 9.87. The third-order valence-corrected chi connectivity index (χ3v) is 8.85. The molecular weight excluding hydrogens is 516 g/mol. The fourth-order valence-corrected chi connectivity index (χ4v) is 6.47. The Morgan fingerprint density at radius 1 is 0.930 bits per heavy atom. The molecule has 43 heavy (non-hydrogen) atoms. The van der Waals surface area contributed by atoms with Gasteiger partial charge in [-0.15, -0.1) is 0 Å². The minimum atomic E-state index is 0.158. The average molecular weight is 561 g/mol. The largest absolute Gasteiger partial charge is 0.0991 e. The predicted molar refractivity (Wildman–Crippen MR) is 190 cm³/mol. The van der Waals surface area contributed by atoms with Crippen molar-refractivity contribution in [1.82, 2.24) is 0 Å². The number of benzene rings is 3. The van der Waals surface area contributed by atoms with E-state index in [0.717, 1.165) is 29.0 Å². The van der Waals surface area contributed by atoms with Gasteiger partial charge >= 0.3 is 0 Å². The zero-order valence-electron chi connectivity index (χ0n) is 26.3. The standard InChI is InChI=1S/C43H44/c1-8-12-18-36(31(7)33-25-26-33)41-28-35(24-23-29(41)5)30(6)27-32(11-4)37-21-15-22-40-42(34(16-9-2)17-10-3)38-19-13-14-20-39(38)43(37)40/h9-24,27-28,33,42H,2,4,6,8,25-26H2,1,3,5,7H3/b17-10-,18-12-,32-27+,34-16+,36-31-. The van der Waals surface area contributed by atoms with E-state index in [0.29, 0.717) is 0 Å². The lowest BCUT2D eigenvalue weighted by Gasteiger charge is -2.17. The van der Waals surface area contributed by atoms with Gasteiger partial charge in [-0.25, -0.2) is 0 Å². The van der Waals surface area contributed by atoms with Gasteiger partial charge in [0.05, 0.1) is 0 Å². The molecule has 0 aliphatic heterocycles. The van der Waals surface area contributed by atoms with Gasteiger partial charge in [0.2, 0.25) is 0 Å². The SMILES string of the molecule is C=C/C=C(\C=C/C)C1c2ccccc2-c2c(/C(C=C)=C/C(=C)c3ccc(C)c(C(/C=C\CC)=C(/C)C4CC4)c3)cccc21. The third-order valence-electron chi connectivity index (χ3n) is 8.85. The molecule has 1 saturated carbocycles. The van der Waals surface area contributed by atoms with Crippen LogP contribution >= 0.6 is 0 Å². The van der Waals surface area contributed by atoms with Gasteiger partial charge in [0.25, 0.3) is 0 Å². The van der Waals surface area contributed by atoms with Gasteiger partial charge in [-0.05, 0) is 125 Å². The van der Waals surface area contributed by atoms with Crippen molar-refractivity contribution in [3.8, 4) is 11.1 Å². The van der Waals surface area contributed by atoms with Crippen molar-refractivity contribution in [2.45, 2.75) is 52.9 Å². The van der Waals surface area contributed by atoms with Crippen molar-refractivity contribution < 1.29 is 0 Å². The molecule has 0 radical (unpaired) electrons. The molecule has 0 N–H and O–H groups in total. The maximum Gasteiger partial charge on any atom is 0.0352 e. The summed E-state index contributed by atoms with van der Waals surface area (Å²) in [6.07, 6.45) is 20.8. The molecule has 2 aliphatic rings. The van der Waals surface area contributed by atoms with Crippen LogP contribution in [-0.4, -0.2) is 0 Å². The number of allylic oxidation sites excluding steroid dienone is 13. The molecule has 2 aliphatic carbocycles. The monoisotopic (exact) mass is 560 g/mol.